The van der Waals surface area contributed by atoms with Gasteiger partial charge in [0.2, 0.25) is 23.6 Å². The van der Waals surface area contributed by atoms with E-state index in [2.05, 4.69) is 10.2 Å². The van der Waals surface area contributed by atoms with Crippen molar-refractivity contribution in [2.24, 2.45) is 0 Å². The van der Waals surface area contributed by atoms with Crippen LogP contribution in [0, 0.1) is 0 Å². The van der Waals surface area contributed by atoms with Crippen molar-refractivity contribution >= 4 is 23.5 Å². The maximum Gasteiger partial charge on any atom is 0.242 e. The lowest BCUT2D eigenvalue weighted by Gasteiger charge is -2.20. The highest BCUT2D eigenvalue weighted by Crippen LogP contribution is 2.19. The minimum absolute atomic E-state index is 0.173. The van der Waals surface area contributed by atoms with Gasteiger partial charge in [0.15, 0.2) is 5.82 Å². The smallest absolute Gasteiger partial charge is 0.242 e. The third kappa shape index (κ3) is 3.86. The molecule has 0 bridgehead atoms. The van der Waals surface area contributed by atoms with Gasteiger partial charge in [0.05, 0.1) is 6.54 Å². The van der Waals surface area contributed by atoms with Crippen LogP contribution in [-0.4, -0.2) is 77.6 Å². The summed E-state index contributed by atoms with van der Waals surface area (Å²) >= 11 is 0. The molecule has 0 saturated carbocycles. The number of aromatic nitrogens is 2. The van der Waals surface area contributed by atoms with Crippen LogP contribution < -0.4 is 9.64 Å². The predicted octanol–water partition coefficient (Wildman–Crippen LogP) is -0.329. The Balaban J connectivity index is 1.52. The van der Waals surface area contributed by atoms with Crippen LogP contribution >= 0.6 is 0 Å². The second-order valence-corrected chi connectivity index (χ2v) is 6.37. The number of likely N-dealkylation sites (tertiary alicyclic amines) is 2. The first-order valence-electron chi connectivity index (χ1n) is 8.22. The first-order chi connectivity index (χ1) is 11.9. The van der Waals surface area contributed by atoms with Crippen molar-refractivity contribution in [2.45, 2.75) is 25.4 Å². The number of ether oxygens (including phenoxy) is 1. The first kappa shape index (κ1) is 17.1. The largest absolute Gasteiger partial charge is 0.471 e. The van der Waals surface area contributed by atoms with E-state index < -0.39 is 0 Å². The molecule has 2 aliphatic rings. The van der Waals surface area contributed by atoms with Gasteiger partial charge in [-0.15, -0.1) is 10.2 Å². The number of anilines is 1. The zero-order valence-corrected chi connectivity index (χ0v) is 14.3. The molecule has 2 saturated heterocycles. The lowest BCUT2D eigenvalue weighted by molar-refractivity contribution is -0.145. The number of rotatable bonds is 5. The van der Waals surface area contributed by atoms with Crippen molar-refractivity contribution in [3.05, 3.63) is 12.1 Å². The highest BCUT2D eigenvalue weighted by atomic mass is 16.5. The van der Waals surface area contributed by atoms with E-state index >= 15 is 0 Å². The van der Waals surface area contributed by atoms with Crippen molar-refractivity contribution < 1.29 is 19.1 Å². The van der Waals surface area contributed by atoms with Crippen LogP contribution in [-0.2, 0) is 14.4 Å². The van der Waals surface area contributed by atoms with Gasteiger partial charge in [-0.25, -0.2) is 0 Å². The topological polar surface area (TPSA) is 95.9 Å². The number of imide groups is 1. The Labute approximate surface area is 145 Å². The van der Waals surface area contributed by atoms with Crippen LogP contribution in [0.2, 0.25) is 0 Å². The van der Waals surface area contributed by atoms with E-state index in [0.29, 0.717) is 25.4 Å². The Morgan fingerprint density at radius 3 is 2.56 bits per heavy atom. The van der Waals surface area contributed by atoms with Crippen molar-refractivity contribution in [1.29, 1.82) is 0 Å². The lowest BCUT2D eigenvalue weighted by Crippen LogP contribution is -2.42. The van der Waals surface area contributed by atoms with E-state index in [9.17, 15) is 14.4 Å². The summed E-state index contributed by atoms with van der Waals surface area (Å²) in [4.78, 5) is 40.0. The van der Waals surface area contributed by atoms with E-state index in [0.717, 1.165) is 10.7 Å². The predicted molar refractivity (Wildman–Crippen MR) is 87.9 cm³/mol. The van der Waals surface area contributed by atoms with Crippen LogP contribution in [0.5, 0.6) is 5.88 Å². The number of carbonyl (C=O) groups is 3. The maximum absolute atomic E-state index is 12.3. The molecule has 1 aromatic heterocycles. The van der Waals surface area contributed by atoms with Gasteiger partial charge >= 0.3 is 0 Å². The SMILES string of the molecule is CN(C)c1ccc(OC2CCN(C(=O)CN3C(=O)CCC3=O)C2)nn1. The molecule has 1 aromatic rings. The second kappa shape index (κ2) is 7.04. The summed E-state index contributed by atoms with van der Waals surface area (Å²) in [6.07, 6.45) is 0.886. The van der Waals surface area contributed by atoms with Crippen LogP contribution in [0.1, 0.15) is 19.3 Å². The summed E-state index contributed by atoms with van der Waals surface area (Å²) in [6, 6.07) is 3.55. The van der Waals surface area contributed by atoms with Gasteiger partial charge in [0, 0.05) is 46.0 Å². The third-order valence-corrected chi connectivity index (χ3v) is 4.32. The minimum atomic E-state index is -0.276. The van der Waals surface area contributed by atoms with Gasteiger partial charge in [-0.3, -0.25) is 19.3 Å². The molecule has 1 atom stereocenters. The monoisotopic (exact) mass is 347 g/mol. The summed E-state index contributed by atoms with van der Waals surface area (Å²) in [6.45, 7) is 0.761. The lowest BCUT2D eigenvalue weighted by atomic mass is 10.3. The van der Waals surface area contributed by atoms with Crippen LogP contribution in [0.4, 0.5) is 5.82 Å². The molecule has 0 radical (unpaired) electrons. The average Bonchev–Trinajstić information content (AvgIpc) is 3.17. The highest BCUT2D eigenvalue weighted by Gasteiger charge is 2.34. The molecule has 3 rings (SSSR count). The Kier molecular flexibility index (Phi) is 4.82. The average molecular weight is 347 g/mol. The summed E-state index contributed by atoms with van der Waals surface area (Å²) < 4.78 is 5.77. The highest BCUT2D eigenvalue weighted by molar-refractivity contribution is 6.04. The molecule has 25 heavy (non-hydrogen) atoms. The number of amides is 3. The molecule has 2 fully saturated rings. The molecule has 1 unspecified atom stereocenters. The van der Waals surface area contributed by atoms with Crippen molar-refractivity contribution in [3.63, 3.8) is 0 Å². The van der Waals surface area contributed by atoms with Gasteiger partial charge < -0.3 is 14.5 Å². The fraction of sp³-hybridized carbons (Fsp3) is 0.562. The van der Waals surface area contributed by atoms with Crippen LogP contribution in [0.25, 0.3) is 0 Å². The molecule has 0 aromatic carbocycles. The van der Waals surface area contributed by atoms with Crippen molar-refractivity contribution in [2.75, 3.05) is 38.6 Å². The van der Waals surface area contributed by atoms with E-state index in [1.807, 2.05) is 25.1 Å². The maximum atomic E-state index is 12.3. The van der Waals surface area contributed by atoms with Crippen molar-refractivity contribution in [1.82, 2.24) is 20.0 Å². The zero-order valence-electron chi connectivity index (χ0n) is 14.3. The molecule has 9 nitrogen and oxygen atoms in total. The molecule has 0 spiro atoms. The first-order valence-corrected chi connectivity index (χ1v) is 8.22. The normalized spacial score (nSPS) is 20.3. The Hall–Kier alpha value is -2.71. The van der Waals surface area contributed by atoms with Gasteiger partial charge in [0.25, 0.3) is 0 Å². The summed E-state index contributed by atoms with van der Waals surface area (Å²) in [5, 5.41) is 8.07. The van der Waals surface area contributed by atoms with Crippen molar-refractivity contribution in [3.8, 4) is 5.88 Å². The molecule has 3 amide bonds. The fourth-order valence-corrected chi connectivity index (χ4v) is 2.87. The molecule has 0 aliphatic carbocycles. The van der Waals surface area contributed by atoms with E-state index in [1.54, 1.807) is 11.0 Å². The molecule has 2 aliphatic heterocycles. The standard InChI is InChI=1S/C16H21N5O4/c1-19(2)12-3-4-13(18-17-12)25-11-7-8-20(9-11)16(24)10-21-14(22)5-6-15(21)23/h3-4,11H,5-10H2,1-2H3. The number of hydrogen-bond acceptors (Lipinski definition) is 7. The summed E-state index contributed by atoms with van der Waals surface area (Å²) in [7, 11) is 3.75. The van der Waals surface area contributed by atoms with Gasteiger partial charge in [0.1, 0.15) is 12.6 Å². The Bertz CT molecular complexity index is 660. The minimum Gasteiger partial charge on any atom is -0.471 e. The van der Waals surface area contributed by atoms with Crippen LogP contribution in [0.15, 0.2) is 12.1 Å². The Morgan fingerprint density at radius 2 is 1.96 bits per heavy atom. The fourth-order valence-electron chi connectivity index (χ4n) is 2.87. The van der Waals surface area contributed by atoms with E-state index in [1.165, 1.54) is 0 Å². The van der Waals surface area contributed by atoms with E-state index in [-0.39, 0.29) is 43.2 Å². The summed E-state index contributed by atoms with van der Waals surface area (Å²) in [5.74, 6) is 0.359. The number of nitrogens with zero attached hydrogens (tertiary/aromatic N) is 5. The molecule has 9 heteroatoms. The second-order valence-electron chi connectivity index (χ2n) is 6.37. The third-order valence-electron chi connectivity index (χ3n) is 4.32. The number of hydrogen-bond donors (Lipinski definition) is 0. The number of carbonyl (C=O) groups excluding carboxylic acids is 3. The molecular formula is C16H21N5O4. The molecule has 3 heterocycles. The molecule has 134 valence electrons. The molecular weight excluding hydrogens is 326 g/mol. The quantitative estimate of drug-likeness (QED) is 0.673. The summed E-state index contributed by atoms with van der Waals surface area (Å²) in [5.41, 5.74) is 0. The Morgan fingerprint density at radius 1 is 1.24 bits per heavy atom. The molecule has 0 N–H and O–H groups in total. The van der Waals surface area contributed by atoms with Gasteiger partial charge in [-0.2, -0.15) is 0 Å². The van der Waals surface area contributed by atoms with E-state index in [4.69, 9.17) is 4.74 Å². The zero-order chi connectivity index (χ0) is 18.0. The van der Waals surface area contributed by atoms with Gasteiger partial charge in [-0.1, -0.05) is 0 Å². The van der Waals surface area contributed by atoms with Crippen LogP contribution in [0.3, 0.4) is 0 Å². The van der Waals surface area contributed by atoms with Gasteiger partial charge in [-0.05, 0) is 6.07 Å².